The van der Waals surface area contributed by atoms with Crippen LogP contribution in [0.15, 0.2) is 8.68 Å². The monoisotopic (exact) mass is 376 g/mol. The number of nitrogens with zero attached hydrogens (tertiary/aromatic N) is 2. The van der Waals surface area contributed by atoms with Crippen LogP contribution in [0.4, 0.5) is 0 Å². The Kier molecular flexibility index (Phi) is 9.57. The Morgan fingerprint density at radius 2 is 1.65 bits per heavy atom. The molecule has 2 N–H and O–H groups in total. The molecule has 0 aliphatic rings. The van der Waals surface area contributed by atoms with Crippen molar-refractivity contribution in [2.24, 2.45) is 5.92 Å². The van der Waals surface area contributed by atoms with E-state index in [9.17, 15) is 9.59 Å². The number of nitrogens with one attached hydrogen (secondary N) is 2. The molecule has 1 aromatic rings. The summed E-state index contributed by atoms with van der Waals surface area (Å²) in [7, 11) is 0. The van der Waals surface area contributed by atoms with E-state index in [-0.39, 0.29) is 17.9 Å². The van der Waals surface area contributed by atoms with E-state index in [1.54, 1.807) is 0 Å². The second kappa shape index (κ2) is 10.9. The summed E-state index contributed by atoms with van der Waals surface area (Å²) in [5.74, 6) is 1.08. The van der Waals surface area contributed by atoms with Crippen molar-refractivity contribution in [2.75, 3.05) is 18.1 Å². The van der Waals surface area contributed by atoms with E-state index in [1.165, 1.54) is 34.9 Å². The number of amides is 2. The molecule has 0 fully saturated rings. The maximum Gasteiger partial charge on any atom is 0.230 e. The molecule has 0 radical (unpaired) electrons. The normalized spacial score (nSPS) is 12.2. The summed E-state index contributed by atoms with van der Waals surface area (Å²) in [6, 6.07) is 0.158. The number of rotatable bonds is 10. The molecule has 0 saturated carbocycles. The fourth-order valence-corrected chi connectivity index (χ4v) is 4.01. The highest BCUT2D eigenvalue weighted by atomic mass is 32.2. The quantitative estimate of drug-likeness (QED) is 0.610. The molecule has 6 nitrogen and oxygen atoms in total. The largest absolute Gasteiger partial charge is 0.355 e. The number of aromatic nitrogens is 2. The molecule has 1 rings (SSSR count). The molecular formula is C14H24N4O2S3. The molecule has 1 heterocycles. The third-order valence-electron chi connectivity index (χ3n) is 3.00. The lowest BCUT2D eigenvalue weighted by atomic mass is 10.1. The molecule has 0 aliphatic carbocycles. The number of thioether (sulfide) groups is 2. The lowest BCUT2D eigenvalue weighted by Gasteiger charge is -2.16. The summed E-state index contributed by atoms with van der Waals surface area (Å²) < 4.78 is 1.49. The summed E-state index contributed by atoms with van der Waals surface area (Å²) >= 11 is 4.15. The zero-order valence-electron chi connectivity index (χ0n) is 13.9. The fourth-order valence-electron chi connectivity index (χ4n) is 1.35. The molecule has 9 heteroatoms. The van der Waals surface area contributed by atoms with Gasteiger partial charge in [-0.3, -0.25) is 9.59 Å². The molecule has 1 atom stereocenters. The van der Waals surface area contributed by atoms with Gasteiger partial charge in [-0.05, 0) is 19.3 Å². The van der Waals surface area contributed by atoms with E-state index in [1.807, 2.05) is 13.8 Å². The van der Waals surface area contributed by atoms with Crippen LogP contribution in [-0.4, -0.2) is 46.1 Å². The summed E-state index contributed by atoms with van der Waals surface area (Å²) in [5.41, 5.74) is 0. The minimum atomic E-state index is -0.000420. The van der Waals surface area contributed by atoms with Gasteiger partial charge in [-0.25, -0.2) is 0 Å². The third-order valence-corrected chi connectivity index (χ3v) is 6.19. The minimum Gasteiger partial charge on any atom is -0.355 e. The predicted octanol–water partition coefficient (Wildman–Crippen LogP) is 2.41. The number of hydrogen-bond donors (Lipinski definition) is 2. The topological polar surface area (TPSA) is 84.0 Å². The fraction of sp³-hybridized carbons (Fsp3) is 0.714. The van der Waals surface area contributed by atoms with E-state index in [2.05, 4.69) is 34.7 Å². The van der Waals surface area contributed by atoms with Crippen molar-refractivity contribution in [3.8, 4) is 0 Å². The summed E-state index contributed by atoms with van der Waals surface area (Å²) in [4.78, 5) is 23.3. The first-order valence-corrected chi connectivity index (χ1v) is 10.4. The average Bonchev–Trinajstić information content (AvgIpc) is 2.96. The van der Waals surface area contributed by atoms with Gasteiger partial charge < -0.3 is 10.6 Å². The van der Waals surface area contributed by atoms with Crippen LogP contribution in [0.3, 0.4) is 0 Å². The minimum absolute atomic E-state index is 0.000420. The zero-order chi connectivity index (χ0) is 17.2. The first-order valence-electron chi connectivity index (χ1n) is 7.57. The number of carbonyl (C=O) groups is 2. The second-order valence-electron chi connectivity index (χ2n) is 5.36. The average molecular weight is 377 g/mol. The second-order valence-corrected chi connectivity index (χ2v) is 8.78. The standard InChI is InChI=1S/C14H24N4O2S3/c1-5-6-15-11(19)7-21-13-17-18-14(23-13)22-8-12(20)16-10(4)9(2)3/h9-10H,5-8H2,1-4H3,(H,15,19)(H,16,20)/t10-/m0/s1. The van der Waals surface area contributed by atoms with Gasteiger partial charge >= 0.3 is 0 Å². The van der Waals surface area contributed by atoms with Crippen LogP contribution in [0.5, 0.6) is 0 Å². The first-order chi connectivity index (χ1) is 10.9. The Labute approximate surface area is 150 Å². The Hall–Kier alpha value is -0.800. The summed E-state index contributed by atoms with van der Waals surface area (Å²) in [5, 5.41) is 13.8. The summed E-state index contributed by atoms with van der Waals surface area (Å²) in [6.07, 6.45) is 0.924. The van der Waals surface area contributed by atoms with Crippen LogP contribution in [0, 0.1) is 5.92 Å². The van der Waals surface area contributed by atoms with Crippen LogP contribution in [0.2, 0.25) is 0 Å². The van der Waals surface area contributed by atoms with Gasteiger partial charge in [0.25, 0.3) is 0 Å². The van der Waals surface area contributed by atoms with Gasteiger partial charge in [-0.2, -0.15) is 0 Å². The van der Waals surface area contributed by atoms with E-state index in [0.717, 1.165) is 15.1 Å². The van der Waals surface area contributed by atoms with Crippen molar-refractivity contribution in [1.82, 2.24) is 20.8 Å². The lowest BCUT2D eigenvalue weighted by molar-refractivity contribution is -0.119. The third kappa shape index (κ3) is 8.57. The van der Waals surface area contributed by atoms with Gasteiger partial charge in [0, 0.05) is 12.6 Å². The molecule has 0 aromatic carbocycles. The molecule has 0 spiro atoms. The number of hydrogen-bond acceptors (Lipinski definition) is 7. The highest BCUT2D eigenvalue weighted by molar-refractivity contribution is 8.03. The Morgan fingerprint density at radius 1 is 1.09 bits per heavy atom. The highest BCUT2D eigenvalue weighted by Gasteiger charge is 2.13. The van der Waals surface area contributed by atoms with Crippen molar-refractivity contribution >= 4 is 46.7 Å². The van der Waals surface area contributed by atoms with Crippen molar-refractivity contribution in [2.45, 2.75) is 48.8 Å². The maximum atomic E-state index is 11.8. The van der Waals surface area contributed by atoms with Crippen LogP contribution in [0.1, 0.15) is 34.1 Å². The molecule has 130 valence electrons. The van der Waals surface area contributed by atoms with E-state index >= 15 is 0 Å². The van der Waals surface area contributed by atoms with Crippen molar-refractivity contribution < 1.29 is 9.59 Å². The molecule has 0 bridgehead atoms. The molecule has 0 saturated heterocycles. The van der Waals surface area contributed by atoms with Gasteiger partial charge in [0.15, 0.2) is 8.68 Å². The molecule has 0 unspecified atom stereocenters. The van der Waals surface area contributed by atoms with E-state index in [4.69, 9.17) is 0 Å². The van der Waals surface area contributed by atoms with Crippen molar-refractivity contribution in [1.29, 1.82) is 0 Å². The smallest absolute Gasteiger partial charge is 0.230 e. The maximum absolute atomic E-state index is 11.8. The van der Waals surface area contributed by atoms with E-state index < -0.39 is 0 Å². The zero-order valence-corrected chi connectivity index (χ0v) is 16.4. The van der Waals surface area contributed by atoms with Crippen LogP contribution in [-0.2, 0) is 9.59 Å². The van der Waals surface area contributed by atoms with Gasteiger partial charge in [0.05, 0.1) is 11.5 Å². The van der Waals surface area contributed by atoms with E-state index in [0.29, 0.717) is 24.0 Å². The molecule has 2 amide bonds. The van der Waals surface area contributed by atoms with Crippen LogP contribution in [0.25, 0.3) is 0 Å². The van der Waals surface area contributed by atoms with Crippen molar-refractivity contribution in [3.63, 3.8) is 0 Å². The van der Waals surface area contributed by atoms with Crippen molar-refractivity contribution in [3.05, 3.63) is 0 Å². The Bertz CT molecular complexity index is 508. The highest BCUT2D eigenvalue weighted by Crippen LogP contribution is 2.28. The molecule has 0 aliphatic heterocycles. The SMILES string of the molecule is CCCNC(=O)CSc1nnc(SCC(=O)N[C@@H](C)C(C)C)s1. The molecule has 1 aromatic heterocycles. The van der Waals surface area contributed by atoms with Crippen LogP contribution < -0.4 is 10.6 Å². The Balaban J connectivity index is 2.31. The van der Waals surface area contributed by atoms with Crippen LogP contribution >= 0.6 is 34.9 Å². The van der Waals surface area contributed by atoms with Gasteiger partial charge in [0.2, 0.25) is 11.8 Å². The first kappa shape index (κ1) is 20.2. The number of carbonyl (C=O) groups excluding carboxylic acids is 2. The summed E-state index contributed by atoms with van der Waals surface area (Å²) in [6.45, 7) is 8.85. The lowest BCUT2D eigenvalue weighted by Crippen LogP contribution is -2.37. The predicted molar refractivity (Wildman–Crippen MR) is 97.1 cm³/mol. The molecule has 23 heavy (non-hydrogen) atoms. The Morgan fingerprint density at radius 3 is 2.17 bits per heavy atom. The van der Waals surface area contributed by atoms with Gasteiger partial charge in [-0.1, -0.05) is 55.6 Å². The van der Waals surface area contributed by atoms with Gasteiger partial charge in [0.1, 0.15) is 0 Å². The van der Waals surface area contributed by atoms with Gasteiger partial charge in [-0.15, -0.1) is 10.2 Å². The molecular weight excluding hydrogens is 352 g/mol.